The van der Waals surface area contributed by atoms with Crippen molar-refractivity contribution in [2.45, 2.75) is 6.04 Å². The van der Waals surface area contributed by atoms with Crippen molar-refractivity contribution in [2.24, 2.45) is 0 Å². The zero-order chi connectivity index (χ0) is 16.2. The summed E-state index contributed by atoms with van der Waals surface area (Å²) in [5.74, 6) is -0.312. The number of carbonyl (C=O) groups is 1. The average Bonchev–Trinajstić information content (AvgIpc) is 3.05. The Balaban J connectivity index is 1.92. The summed E-state index contributed by atoms with van der Waals surface area (Å²) in [5.41, 5.74) is 1.22. The molecule has 8 heteroatoms. The second-order valence-corrected chi connectivity index (χ2v) is 5.56. The highest BCUT2D eigenvalue weighted by molar-refractivity contribution is 6.36. The zero-order valence-electron chi connectivity index (χ0n) is 11.7. The molecule has 6 nitrogen and oxygen atoms in total. The van der Waals surface area contributed by atoms with E-state index >= 15 is 0 Å². The van der Waals surface area contributed by atoms with Crippen molar-refractivity contribution in [1.29, 1.82) is 0 Å². The number of tetrazole rings is 1. The van der Waals surface area contributed by atoms with Gasteiger partial charge in [-0.25, -0.2) is 4.68 Å². The van der Waals surface area contributed by atoms with Crippen LogP contribution in [0.4, 0.5) is 5.69 Å². The van der Waals surface area contributed by atoms with Gasteiger partial charge >= 0.3 is 0 Å². The number of amides is 1. The van der Waals surface area contributed by atoms with E-state index in [1.807, 2.05) is 30.3 Å². The van der Waals surface area contributed by atoms with Crippen LogP contribution in [0, 0.1) is 0 Å². The molecule has 1 heterocycles. The Morgan fingerprint density at radius 2 is 1.91 bits per heavy atom. The molecule has 3 rings (SSSR count). The monoisotopic (exact) mass is 347 g/mol. The summed E-state index contributed by atoms with van der Waals surface area (Å²) >= 11 is 12.0. The Labute approximate surface area is 142 Å². The minimum Gasteiger partial charge on any atom is -0.323 e. The Hall–Kier alpha value is -2.44. The quantitative estimate of drug-likeness (QED) is 0.786. The number of hydrogen-bond acceptors (Lipinski definition) is 4. The van der Waals surface area contributed by atoms with Gasteiger partial charge < -0.3 is 5.32 Å². The van der Waals surface area contributed by atoms with E-state index in [4.69, 9.17) is 23.2 Å². The molecule has 1 atom stereocenters. The van der Waals surface area contributed by atoms with Crippen LogP contribution in [-0.4, -0.2) is 26.1 Å². The van der Waals surface area contributed by atoms with Gasteiger partial charge in [0.15, 0.2) is 6.04 Å². The molecule has 0 saturated carbocycles. The molecule has 0 fully saturated rings. The molecule has 0 radical (unpaired) electrons. The average molecular weight is 348 g/mol. The number of aromatic nitrogens is 4. The van der Waals surface area contributed by atoms with Gasteiger partial charge in [-0.1, -0.05) is 53.5 Å². The summed E-state index contributed by atoms with van der Waals surface area (Å²) in [6.45, 7) is 0. The predicted octanol–water partition coefficient (Wildman–Crippen LogP) is 3.21. The SMILES string of the molecule is O=C(Nc1ccc(Cl)cc1Cl)[C@@H](c1ccccc1)n1cnnn1. The lowest BCUT2D eigenvalue weighted by molar-refractivity contribution is -0.118. The molecule has 1 amide bonds. The number of benzene rings is 2. The van der Waals surface area contributed by atoms with Crippen LogP contribution in [0.3, 0.4) is 0 Å². The maximum Gasteiger partial charge on any atom is 0.254 e. The van der Waals surface area contributed by atoms with Gasteiger partial charge in [-0.3, -0.25) is 4.79 Å². The van der Waals surface area contributed by atoms with Gasteiger partial charge in [0.1, 0.15) is 6.33 Å². The molecule has 0 unspecified atom stereocenters. The molecule has 2 aromatic carbocycles. The highest BCUT2D eigenvalue weighted by Crippen LogP contribution is 2.27. The summed E-state index contributed by atoms with van der Waals surface area (Å²) < 4.78 is 1.38. The van der Waals surface area contributed by atoms with Crippen LogP contribution < -0.4 is 5.32 Å². The van der Waals surface area contributed by atoms with Gasteiger partial charge in [0.05, 0.1) is 10.7 Å². The van der Waals surface area contributed by atoms with Crippen molar-refractivity contribution in [2.75, 3.05) is 5.32 Å². The summed E-state index contributed by atoms with van der Waals surface area (Å²) in [5, 5.41) is 14.7. The molecule has 0 saturated heterocycles. The van der Waals surface area contributed by atoms with E-state index in [1.54, 1.807) is 18.2 Å². The molecule has 1 aromatic heterocycles. The molecule has 0 aliphatic rings. The molecular weight excluding hydrogens is 337 g/mol. The standard InChI is InChI=1S/C15H11Cl2N5O/c16-11-6-7-13(12(17)8-11)19-15(23)14(22-9-18-20-21-22)10-4-2-1-3-5-10/h1-9,14H,(H,19,23)/t14-/m1/s1. The third-order valence-electron chi connectivity index (χ3n) is 3.18. The van der Waals surface area contributed by atoms with E-state index in [1.165, 1.54) is 11.0 Å². The number of nitrogens with zero attached hydrogens (tertiary/aromatic N) is 4. The van der Waals surface area contributed by atoms with E-state index in [0.29, 0.717) is 15.7 Å². The van der Waals surface area contributed by atoms with Crippen molar-refractivity contribution in [3.05, 3.63) is 70.5 Å². The molecule has 3 aromatic rings. The van der Waals surface area contributed by atoms with Crippen LogP contribution >= 0.6 is 23.2 Å². The summed E-state index contributed by atoms with van der Waals surface area (Å²) in [7, 11) is 0. The summed E-state index contributed by atoms with van der Waals surface area (Å²) in [6.07, 6.45) is 1.39. The molecular formula is C15H11Cl2N5O. The predicted molar refractivity (Wildman–Crippen MR) is 87.5 cm³/mol. The lowest BCUT2D eigenvalue weighted by Crippen LogP contribution is -2.27. The van der Waals surface area contributed by atoms with Crippen molar-refractivity contribution in [3.63, 3.8) is 0 Å². The molecule has 1 N–H and O–H groups in total. The summed E-state index contributed by atoms with van der Waals surface area (Å²) in [6, 6.07) is 13.4. The van der Waals surface area contributed by atoms with Crippen molar-refractivity contribution < 1.29 is 4.79 Å². The Bertz CT molecular complexity index is 808. The molecule has 0 bridgehead atoms. The second-order valence-electron chi connectivity index (χ2n) is 4.72. The molecule has 116 valence electrons. The van der Waals surface area contributed by atoms with Gasteiger partial charge in [-0.05, 0) is 34.2 Å². The normalized spacial score (nSPS) is 11.9. The van der Waals surface area contributed by atoms with E-state index in [2.05, 4.69) is 20.8 Å². The van der Waals surface area contributed by atoms with Crippen molar-refractivity contribution in [3.8, 4) is 0 Å². The minimum absolute atomic E-state index is 0.312. The number of anilines is 1. The van der Waals surface area contributed by atoms with E-state index in [9.17, 15) is 4.79 Å². The molecule has 0 aliphatic carbocycles. The molecule has 0 spiro atoms. The van der Waals surface area contributed by atoms with Gasteiger partial charge in [0.2, 0.25) is 0 Å². The minimum atomic E-state index is -0.710. The highest BCUT2D eigenvalue weighted by atomic mass is 35.5. The third kappa shape index (κ3) is 3.49. The number of carbonyl (C=O) groups excluding carboxylic acids is 1. The Morgan fingerprint density at radius 3 is 2.57 bits per heavy atom. The van der Waals surface area contributed by atoms with Crippen LogP contribution in [0.1, 0.15) is 11.6 Å². The Kier molecular flexibility index (Phi) is 4.55. The second kappa shape index (κ2) is 6.76. The maximum atomic E-state index is 12.7. The van der Waals surface area contributed by atoms with E-state index in [-0.39, 0.29) is 5.91 Å². The van der Waals surface area contributed by atoms with Crippen LogP contribution in [-0.2, 0) is 4.79 Å². The van der Waals surface area contributed by atoms with Crippen molar-refractivity contribution in [1.82, 2.24) is 20.2 Å². The first-order valence-corrected chi connectivity index (χ1v) is 7.44. The Morgan fingerprint density at radius 1 is 1.13 bits per heavy atom. The fraction of sp³-hybridized carbons (Fsp3) is 0.0667. The molecule has 0 aliphatic heterocycles. The van der Waals surface area contributed by atoms with Crippen LogP contribution in [0.25, 0.3) is 0 Å². The van der Waals surface area contributed by atoms with Gasteiger partial charge in [-0.2, -0.15) is 0 Å². The first-order valence-electron chi connectivity index (χ1n) is 6.68. The largest absolute Gasteiger partial charge is 0.323 e. The van der Waals surface area contributed by atoms with Gasteiger partial charge in [0.25, 0.3) is 5.91 Å². The van der Waals surface area contributed by atoms with Crippen molar-refractivity contribution >= 4 is 34.8 Å². The topological polar surface area (TPSA) is 72.7 Å². The fourth-order valence-corrected chi connectivity index (χ4v) is 2.59. The first kappa shape index (κ1) is 15.5. The summed E-state index contributed by atoms with van der Waals surface area (Å²) in [4.78, 5) is 12.7. The third-order valence-corrected chi connectivity index (χ3v) is 3.73. The van der Waals surface area contributed by atoms with E-state index in [0.717, 1.165) is 5.56 Å². The fourth-order valence-electron chi connectivity index (χ4n) is 2.14. The number of rotatable bonds is 4. The zero-order valence-corrected chi connectivity index (χ0v) is 13.2. The lowest BCUT2D eigenvalue weighted by atomic mass is 10.1. The van der Waals surface area contributed by atoms with Gasteiger partial charge in [-0.15, -0.1) is 5.10 Å². The lowest BCUT2D eigenvalue weighted by Gasteiger charge is -2.17. The number of nitrogens with one attached hydrogen (secondary N) is 1. The smallest absolute Gasteiger partial charge is 0.254 e. The highest BCUT2D eigenvalue weighted by Gasteiger charge is 2.24. The van der Waals surface area contributed by atoms with Gasteiger partial charge in [0, 0.05) is 5.02 Å². The number of halogens is 2. The van der Waals surface area contributed by atoms with Crippen LogP contribution in [0.2, 0.25) is 10.0 Å². The van der Waals surface area contributed by atoms with E-state index < -0.39 is 6.04 Å². The maximum absolute atomic E-state index is 12.7. The van der Waals surface area contributed by atoms with Crippen LogP contribution in [0.5, 0.6) is 0 Å². The first-order chi connectivity index (χ1) is 11.1. The van der Waals surface area contributed by atoms with Crippen LogP contribution in [0.15, 0.2) is 54.9 Å². The molecule has 23 heavy (non-hydrogen) atoms. The number of hydrogen-bond donors (Lipinski definition) is 1.